The summed E-state index contributed by atoms with van der Waals surface area (Å²) in [6.45, 7) is 0. The zero-order valence-corrected chi connectivity index (χ0v) is 11.7. The maximum Gasteiger partial charge on any atom is 0.273 e. The molecular weight excluding hydrogens is 287 g/mol. The number of aryl methyl sites for hydroxylation is 1. The normalized spacial score (nSPS) is 10.0. The zero-order valence-electron chi connectivity index (χ0n) is 11.7. The first-order chi connectivity index (χ1) is 10.6. The molecule has 22 heavy (non-hydrogen) atoms. The van der Waals surface area contributed by atoms with Crippen LogP contribution in [0.25, 0.3) is 0 Å². The van der Waals surface area contributed by atoms with E-state index in [0.717, 1.165) is 5.56 Å². The van der Waals surface area contributed by atoms with Crippen LogP contribution in [0, 0.1) is 5.82 Å². The van der Waals surface area contributed by atoms with Crippen molar-refractivity contribution in [3.8, 4) is 5.75 Å². The molecule has 0 spiro atoms. The molecule has 2 amide bonds. The summed E-state index contributed by atoms with van der Waals surface area (Å²) in [7, 11) is 0. The maximum atomic E-state index is 12.7. The first-order valence-electron chi connectivity index (χ1n) is 6.68. The van der Waals surface area contributed by atoms with E-state index in [1.807, 2.05) is 0 Å². The van der Waals surface area contributed by atoms with Crippen LogP contribution in [0.2, 0.25) is 0 Å². The summed E-state index contributed by atoms with van der Waals surface area (Å²) in [5, 5.41) is 9.52. The molecule has 0 atom stereocenters. The predicted octanol–water partition coefficient (Wildman–Crippen LogP) is 1.93. The van der Waals surface area contributed by atoms with Gasteiger partial charge in [0, 0.05) is 6.42 Å². The lowest BCUT2D eigenvalue weighted by Gasteiger charge is -2.08. The summed E-state index contributed by atoms with van der Waals surface area (Å²) >= 11 is 0. The Hall–Kier alpha value is -2.89. The Labute approximate surface area is 126 Å². The van der Waals surface area contributed by atoms with E-state index in [-0.39, 0.29) is 29.5 Å². The summed E-state index contributed by atoms with van der Waals surface area (Å²) in [4.78, 5) is 23.4. The number of phenolic OH excluding ortho intramolecular Hbond substituents is 1. The van der Waals surface area contributed by atoms with Crippen molar-refractivity contribution in [1.82, 2.24) is 10.9 Å². The van der Waals surface area contributed by atoms with Crippen LogP contribution < -0.4 is 10.9 Å². The molecule has 0 aliphatic heterocycles. The molecule has 0 fully saturated rings. The number of carbonyl (C=O) groups is 2. The van der Waals surface area contributed by atoms with E-state index in [1.165, 1.54) is 24.3 Å². The van der Waals surface area contributed by atoms with Gasteiger partial charge in [-0.15, -0.1) is 0 Å². The van der Waals surface area contributed by atoms with Crippen molar-refractivity contribution < 1.29 is 19.1 Å². The lowest BCUT2D eigenvalue weighted by atomic mass is 10.1. The molecule has 0 heterocycles. The molecule has 3 N–H and O–H groups in total. The number of hydrogen-bond donors (Lipinski definition) is 3. The average molecular weight is 302 g/mol. The topological polar surface area (TPSA) is 78.4 Å². The van der Waals surface area contributed by atoms with Gasteiger partial charge in [0.05, 0.1) is 5.56 Å². The summed E-state index contributed by atoms with van der Waals surface area (Å²) in [6.07, 6.45) is 0.575. The Morgan fingerprint density at radius 2 is 1.68 bits per heavy atom. The Morgan fingerprint density at radius 3 is 2.36 bits per heavy atom. The van der Waals surface area contributed by atoms with Gasteiger partial charge in [-0.1, -0.05) is 24.3 Å². The van der Waals surface area contributed by atoms with Crippen molar-refractivity contribution in [3.63, 3.8) is 0 Å². The quantitative estimate of drug-likeness (QED) is 0.755. The standard InChI is InChI=1S/C16H15FN2O3/c17-12-8-5-11(6-9-12)7-10-15(21)18-19-16(22)13-3-1-2-4-14(13)20/h1-6,8-9,20H,7,10H2,(H,18,21)(H,19,22). The number of para-hydroxylation sites is 1. The smallest absolute Gasteiger partial charge is 0.273 e. The lowest BCUT2D eigenvalue weighted by molar-refractivity contribution is -0.121. The summed E-state index contributed by atoms with van der Waals surface area (Å²) in [5.41, 5.74) is 5.39. The monoisotopic (exact) mass is 302 g/mol. The van der Waals surface area contributed by atoms with E-state index in [2.05, 4.69) is 10.9 Å². The Bertz CT molecular complexity index is 671. The van der Waals surface area contributed by atoms with Gasteiger partial charge >= 0.3 is 0 Å². The van der Waals surface area contributed by atoms with Crippen LogP contribution >= 0.6 is 0 Å². The van der Waals surface area contributed by atoms with Gasteiger partial charge in [0.15, 0.2) is 0 Å². The zero-order chi connectivity index (χ0) is 15.9. The number of carbonyl (C=O) groups excluding carboxylic acids is 2. The van der Waals surface area contributed by atoms with E-state index in [4.69, 9.17) is 0 Å². The number of phenols is 1. The van der Waals surface area contributed by atoms with E-state index in [9.17, 15) is 19.1 Å². The second kappa shape index (κ2) is 7.21. The average Bonchev–Trinajstić information content (AvgIpc) is 2.52. The molecule has 0 aliphatic rings. The van der Waals surface area contributed by atoms with Gasteiger partial charge < -0.3 is 5.11 Å². The molecule has 0 radical (unpaired) electrons. The number of hydrazine groups is 1. The number of nitrogens with one attached hydrogen (secondary N) is 2. The predicted molar refractivity (Wildman–Crippen MR) is 78.4 cm³/mol. The highest BCUT2D eigenvalue weighted by molar-refractivity contribution is 5.97. The van der Waals surface area contributed by atoms with Gasteiger partial charge in [-0.05, 0) is 36.2 Å². The van der Waals surface area contributed by atoms with Crippen molar-refractivity contribution in [1.29, 1.82) is 0 Å². The van der Waals surface area contributed by atoms with Gasteiger partial charge in [-0.3, -0.25) is 20.4 Å². The number of halogens is 1. The fourth-order valence-electron chi connectivity index (χ4n) is 1.83. The van der Waals surface area contributed by atoms with Crippen molar-refractivity contribution in [3.05, 3.63) is 65.5 Å². The summed E-state index contributed by atoms with van der Waals surface area (Å²) in [6, 6.07) is 11.9. The highest BCUT2D eigenvalue weighted by atomic mass is 19.1. The van der Waals surface area contributed by atoms with Crippen LogP contribution in [-0.4, -0.2) is 16.9 Å². The molecule has 0 bridgehead atoms. The fraction of sp³-hybridized carbons (Fsp3) is 0.125. The molecule has 0 aromatic heterocycles. The van der Waals surface area contributed by atoms with Gasteiger partial charge in [0.1, 0.15) is 11.6 Å². The third-order valence-corrected chi connectivity index (χ3v) is 3.02. The lowest BCUT2D eigenvalue weighted by Crippen LogP contribution is -2.41. The largest absolute Gasteiger partial charge is 0.507 e. The van der Waals surface area contributed by atoms with E-state index in [1.54, 1.807) is 24.3 Å². The fourth-order valence-corrected chi connectivity index (χ4v) is 1.83. The van der Waals surface area contributed by atoms with Crippen molar-refractivity contribution in [2.75, 3.05) is 0 Å². The molecule has 2 aromatic rings. The first kappa shape index (κ1) is 15.5. The van der Waals surface area contributed by atoms with E-state index >= 15 is 0 Å². The first-order valence-corrected chi connectivity index (χ1v) is 6.68. The molecule has 2 rings (SSSR count). The van der Waals surface area contributed by atoms with Crippen LogP contribution in [0.3, 0.4) is 0 Å². The van der Waals surface area contributed by atoms with Gasteiger partial charge in [-0.25, -0.2) is 4.39 Å². The third-order valence-electron chi connectivity index (χ3n) is 3.02. The van der Waals surface area contributed by atoms with E-state index in [0.29, 0.717) is 6.42 Å². The molecule has 114 valence electrons. The molecule has 0 saturated heterocycles. The third kappa shape index (κ3) is 4.31. The van der Waals surface area contributed by atoms with Crippen molar-refractivity contribution in [2.45, 2.75) is 12.8 Å². The van der Waals surface area contributed by atoms with Crippen molar-refractivity contribution in [2.24, 2.45) is 0 Å². The molecule has 5 nitrogen and oxygen atoms in total. The second-order valence-corrected chi connectivity index (χ2v) is 4.65. The summed E-state index contributed by atoms with van der Waals surface area (Å²) in [5.74, 6) is -1.48. The number of amides is 2. The Morgan fingerprint density at radius 1 is 1.00 bits per heavy atom. The molecule has 0 aliphatic carbocycles. The van der Waals surface area contributed by atoms with Crippen LogP contribution in [0.5, 0.6) is 5.75 Å². The van der Waals surface area contributed by atoms with Crippen molar-refractivity contribution >= 4 is 11.8 Å². The van der Waals surface area contributed by atoms with Gasteiger partial charge in [0.25, 0.3) is 5.91 Å². The number of aromatic hydroxyl groups is 1. The number of rotatable bonds is 4. The van der Waals surface area contributed by atoms with Crippen LogP contribution in [0.4, 0.5) is 4.39 Å². The Balaban J connectivity index is 1.79. The van der Waals surface area contributed by atoms with Crippen LogP contribution in [0.15, 0.2) is 48.5 Å². The van der Waals surface area contributed by atoms with Crippen LogP contribution in [0.1, 0.15) is 22.3 Å². The molecule has 6 heteroatoms. The molecule has 2 aromatic carbocycles. The number of hydrogen-bond acceptors (Lipinski definition) is 3. The van der Waals surface area contributed by atoms with Crippen LogP contribution in [-0.2, 0) is 11.2 Å². The minimum Gasteiger partial charge on any atom is -0.507 e. The maximum absolute atomic E-state index is 12.7. The minimum atomic E-state index is -0.603. The summed E-state index contributed by atoms with van der Waals surface area (Å²) < 4.78 is 12.7. The van der Waals surface area contributed by atoms with Gasteiger partial charge in [-0.2, -0.15) is 0 Å². The Kier molecular flexibility index (Phi) is 5.08. The highest BCUT2D eigenvalue weighted by Gasteiger charge is 2.11. The SMILES string of the molecule is O=C(CCc1ccc(F)cc1)NNC(=O)c1ccccc1O. The second-order valence-electron chi connectivity index (χ2n) is 4.65. The minimum absolute atomic E-state index is 0.0707. The highest BCUT2D eigenvalue weighted by Crippen LogP contribution is 2.14. The molecular formula is C16H15FN2O3. The molecule has 0 unspecified atom stereocenters. The van der Waals surface area contributed by atoms with Gasteiger partial charge in [0.2, 0.25) is 5.91 Å². The van der Waals surface area contributed by atoms with E-state index < -0.39 is 5.91 Å². The molecule has 0 saturated carbocycles. The number of benzene rings is 2.